The van der Waals surface area contributed by atoms with Gasteiger partial charge in [0.25, 0.3) is 0 Å². The molecule has 0 bridgehead atoms. The van der Waals surface area contributed by atoms with Gasteiger partial charge in [-0.25, -0.2) is 0 Å². The fraction of sp³-hybridized carbons (Fsp3) is 0.455. The van der Waals surface area contributed by atoms with Gasteiger partial charge in [0.1, 0.15) is 18.1 Å². The molecule has 0 unspecified atom stereocenters. The average Bonchev–Trinajstić information content (AvgIpc) is 2.28. The monoisotopic (exact) mass is 212 g/mol. The fourth-order valence-electron chi connectivity index (χ4n) is 1.05. The lowest BCUT2D eigenvalue weighted by atomic mass is 10.3. The molecular weight excluding hydrogens is 196 g/mol. The third kappa shape index (κ3) is 4.67. The van der Waals surface area contributed by atoms with E-state index in [2.05, 4.69) is 0 Å². The van der Waals surface area contributed by atoms with Crippen molar-refractivity contribution in [2.75, 3.05) is 26.4 Å². The van der Waals surface area contributed by atoms with Crippen LogP contribution in [-0.4, -0.2) is 36.6 Å². The SMILES string of the molecule is OCCCOc1ccc(OCCO)cc1. The van der Waals surface area contributed by atoms with Crippen molar-refractivity contribution in [3.05, 3.63) is 24.3 Å². The van der Waals surface area contributed by atoms with Gasteiger partial charge in [-0.15, -0.1) is 0 Å². The second-order valence-corrected chi connectivity index (χ2v) is 2.97. The topological polar surface area (TPSA) is 58.9 Å². The van der Waals surface area contributed by atoms with E-state index in [0.29, 0.717) is 25.4 Å². The molecule has 0 radical (unpaired) electrons. The molecule has 0 aliphatic heterocycles. The molecular formula is C11H16O4. The van der Waals surface area contributed by atoms with Crippen LogP contribution in [0.25, 0.3) is 0 Å². The maximum Gasteiger partial charge on any atom is 0.119 e. The molecule has 0 aliphatic rings. The lowest BCUT2D eigenvalue weighted by Gasteiger charge is -2.07. The molecule has 0 amide bonds. The van der Waals surface area contributed by atoms with Gasteiger partial charge in [-0.1, -0.05) is 0 Å². The third-order valence-electron chi connectivity index (χ3n) is 1.75. The average molecular weight is 212 g/mol. The van der Waals surface area contributed by atoms with Crippen molar-refractivity contribution in [2.45, 2.75) is 6.42 Å². The lowest BCUT2D eigenvalue weighted by Crippen LogP contribution is -2.02. The fourth-order valence-corrected chi connectivity index (χ4v) is 1.05. The summed E-state index contributed by atoms with van der Waals surface area (Å²) < 4.78 is 10.5. The number of aliphatic hydroxyl groups is 2. The Bertz CT molecular complexity index is 258. The number of ether oxygens (including phenoxy) is 2. The number of aliphatic hydroxyl groups excluding tert-OH is 2. The van der Waals surface area contributed by atoms with E-state index in [-0.39, 0.29) is 13.2 Å². The number of rotatable bonds is 7. The highest BCUT2D eigenvalue weighted by molar-refractivity contribution is 5.31. The summed E-state index contributed by atoms with van der Waals surface area (Å²) in [5.41, 5.74) is 0. The van der Waals surface area contributed by atoms with Gasteiger partial charge in [0.2, 0.25) is 0 Å². The van der Waals surface area contributed by atoms with Crippen LogP contribution in [0.5, 0.6) is 11.5 Å². The van der Waals surface area contributed by atoms with Crippen molar-refractivity contribution in [3.8, 4) is 11.5 Å². The first-order valence-corrected chi connectivity index (χ1v) is 4.94. The normalized spacial score (nSPS) is 10.0. The molecule has 4 heteroatoms. The molecule has 0 heterocycles. The molecule has 0 aromatic heterocycles. The van der Waals surface area contributed by atoms with E-state index in [9.17, 15) is 0 Å². The van der Waals surface area contributed by atoms with E-state index >= 15 is 0 Å². The Morgan fingerprint density at radius 1 is 0.800 bits per heavy atom. The molecule has 0 spiro atoms. The van der Waals surface area contributed by atoms with E-state index in [1.165, 1.54) is 0 Å². The van der Waals surface area contributed by atoms with Crippen LogP contribution in [0.4, 0.5) is 0 Å². The van der Waals surface area contributed by atoms with Crippen LogP contribution in [-0.2, 0) is 0 Å². The van der Waals surface area contributed by atoms with Crippen LogP contribution in [0, 0.1) is 0 Å². The minimum Gasteiger partial charge on any atom is -0.494 e. The summed E-state index contributed by atoms with van der Waals surface area (Å²) >= 11 is 0. The van der Waals surface area contributed by atoms with Crippen LogP contribution in [0.15, 0.2) is 24.3 Å². The van der Waals surface area contributed by atoms with Crippen LogP contribution in [0.3, 0.4) is 0 Å². The zero-order chi connectivity index (χ0) is 10.9. The molecule has 0 saturated carbocycles. The van der Waals surface area contributed by atoms with Gasteiger partial charge in [0.15, 0.2) is 0 Å². The van der Waals surface area contributed by atoms with Crippen molar-refractivity contribution in [2.24, 2.45) is 0 Å². The number of hydrogen-bond acceptors (Lipinski definition) is 4. The van der Waals surface area contributed by atoms with Crippen LogP contribution >= 0.6 is 0 Å². The van der Waals surface area contributed by atoms with Gasteiger partial charge in [-0.05, 0) is 24.3 Å². The first kappa shape index (κ1) is 11.8. The summed E-state index contributed by atoms with van der Waals surface area (Å²) in [6, 6.07) is 7.15. The first-order chi connectivity index (χ1) is 7.36. The molecule has 0 saturated heterocycles. The van der Waals surface area contributed by atoms with Gasteiger partial charge >= 0.3 is 0 Å². The summed E-state index contributed by atoms with van der Waals surface area (Å²) in [7, 11) is 0. The predicted octanol–water partition coefficient (Wildman–Crippen LogP) is 0.819. The molecule has 0 atom stereocenters. The van der Waals surface area contributed by atoms with E-state index in [1.54, 1.807) is 24.3 Å². The van der Waals surface area contributed by atoms with Gasteiger partial charge in [-0.3, -0.25) is 0 Å². The molecule has 15 heavy (non-hydrogen) atoms. The summed E-state index contributed by atoms with van der Waals surface area (Å²) in [5, 5.41) is 17.1. The zero-order valence-corrected chi connectivity index (χ0v) is 8.56. The molecule has 1 aromatic carbocycles. The van der Waals surface area contributed by atoms with Gasteiger partial charge in [0, 0.05) is 13.0 Å². The second kappa shape index (κ2) is 7.09. The van der Waals surface area contributed by atoms with Crippen LogP contribution < -0.4 is 9.47 Å². The maximum atomic E-state index is 8.56. The predicted molar refractivity (Wildman–Crippen MR) is 56.2 cm³/mol. The molecule has 0 fully saturated rings. The lowest BCUT2D eigenvalue weighted by molar-refractivity contribution is 0.201. The quantitative estimate of drug-likeness (QED) is 0.657. The van der Waals surface area contributed by atoms with E-state index < -0.39 is 0 Å². The Morgan fingerprint density at radius 2 is 1.33 bits per heavy atom. The highest BCUT2D eigenvalue weighted by Gasteiger charge is 1.95. The maximum absolute atomic E-state index is 8.56. The van der Waals surface area contributed by atoms with Crippen molar-refractivity contribution in [1.82, 2.24) is 0 Å². The molecule has 1 rings (SSSR count). The summed E-state index contributed by atoms with van der Waals surface area (Å²) in [5.74, 6) is 1.46. The summed E-state index contributed by atoms with van der Waals surface area (Å²) in [6.07, 6.45) is 0.628. The highest BCUT2D eigenvalue weighted by Crippen LogP contribution is 2.17. The Morgan fingerprint density at radius 3 is 1.80 bits per heavy atom. The first-order valence-electron chi connectivity index (χ1n) is 4.94. The Labute approximate surface area is 89.1 Å². The van der Waals surface area contributed by atoms with Crippen LogP contribution in [0.2, 0.25) is 0 Å². The summed E-state index contributed by atoms with van der Waals surface area (Å²) in [6.45, 7) is 0.949. The second-order valence-electron chi connectivity index (χ2n) is 2.97. The third-order valence-corrected chi connectivity index (χ3v) is 1.75. The minimum absolute atomic E-state index is 0.00868. The molecule has 84 valence electrons. The molecule has 1 aromatic rings. The largest absolute Gasteiger partial charge is 0.494 e. The minimum atomic E-state index is 0.00868. The molecule has 4 nitrogen and oxygen atoms in total. The van der Waals surface area contributed by atoms with Gasteiger partial charge in [-0.2, -0.15) is 0 Å². The Hall–Kier alpha value is -1.26. The van der Waals surface area contributed by atoms with E-state index in [4.69, 9.17) is 19.7 Å². The van der Waals surface area contributed by atoms with Crippen molar-refractivity contribution < 1.29 is 19.7 Å². The summed E-state index contributed by atoms with van der Waals surface area (Å²) in [4.78, 5) is 0. The number of benzene rings is 1. The van der Waals surface area contributed by atoms with Crippen molar-refractivity contribution >= 4 is 0 Å². The van der Waals surface area contributed by atoms with Crippen LogP contribution in [0.1, 0.15) is 6.42 Å². The Balaban J connectivity index is 2.35. The van der Waals surface area contributed by atoms with E-state index in [0.717, 1.165) is 5.75 Å². The molecule has 0 aliphatic carbocycles. The van der Waals surface area contributed by atoms with E-state index in [1.807, 2.05) is 0 Å². The smallest absolute Gasteiger partial charge is 0.119 e. The van der Waals surface area contributed by atoms with Crippen molar-refractivity contribution in [1.29, 1.82) is 0 Å². The van der Waals surface area contributed by atoms with Gasteiger partial charge in [0.05, 0.1) is 13.2 Å². The number of hydrogen-bond donors (Lipinski definition) is 2. The Kier molecular flexibility index (Phi) is 5.58. The van der Waals surface area contributed by atoms with Gasteiger partial charge < -0.3 is 19.7 Å². The van der Waals surface area contributed by atoms with Crippen molar-refractivity contribution in [3.63, 3.8) is 0 Å². The zero-order valence-electron chi connectivity index (χ0n) is 8.56. The molecule has 2 N–H and O–H groups in total. The highest BCUT2D eigenvalue weighted by atomic mass is 16.5. The standard InChI is InChI=1S/C11H16O4/c12-6-1-8-14-10-2-4-11(5-3-10)15-9-7-13/h2-5,12-13H,1,6-9H2.